The van der Waals surface area contributed by atoms with Crippen molar-refractivity contribution < 1.29 is 18.1 Å². The number of nitrogens with zero attached hydrogens (tertiary/aromatic N) is 1. The number of nitro benzene ring substituents is 1. The minimum Gasteiger partial charge on any atom is -0.376 e. The molecule has 0 aromatic heterocycles. The molecule has 9 heteroatoms. The number of rotatable bonds is 2. The van der Waals surface area contributed by atoms with E-state index in [9.17, 15) is 23.3 Å². The molecule has 3 N–H and O–H groups in total. The molecule has 5 nitrogen and oxygen atoms in total. The maximum atomic E-state index is 13.1. The fourth-order valence-corrected chi connectivity index (χ4v) is 1.07. The van der Waals surface area contributed by atoms with Crippen LogP contribution < -0.4 is 11.1 Å². The summed E-state index contributed by atoms with van der Waals surface area (Å²) in [4.78, 5) is 9.35. The molecule has 0 atom stereocenters. The first-order chi connectivity index (χ1) is 7.34. The average molecular weight is 251 g/mol. The average Bonchev–Trinajstić information content (AvgIpc) is 2.17. The first-order valence-corrected chi connectivity index (χ1v) is 4.13. The Labute approximate surface area is 92.2 Å². The van der Waals surface area contributed by atoms with Crippen molar-refractivity contribution in [2.24, 2.45) is 5.73 Å². The molecule has 0 spiro atoms. The van der Waals surface area contributed by atoms with Crippen molar-refractivity contribution >= 4 is 28.7 Å². The van der Waals surface area contributed by atoms with Gasteiger partial charge in [0.2, 0.25) is 0 Å². The summed E-state index contributed by atoms with van der Waals surface area (Å²) in [5.41, 5.74) is 3.06. The zero-order chi connectivity index (χ0) is 12.5. The van der Waals surface area contributed by atoms with Crippen LogP contribution in [0.3, 0.4) is 0 Å². The van der Waals surface area contributed by atoms with E-state index in [1.807, 2.05) is 5.32 Å². The molecular weight excluding hydrogens is 247 g/mol. The van der Waals surface area contributed by atoms with E-state index >= 15 is 0 Å². The van der Waals surface area contributed by atoms with Gasteiger partial charge in [0.1, 0.15) is 0 Å². The number of benzene rings is 1. The van der Waals surface area contributed by atoms with Crippen LogP contribution in [0.15, 0.2) is 6.07 Å². The lowest BCUT2D eigenvalue weighted by Gasteiger charge is -2.07. The van der Waals surface area contributed by atoms with Crippen LogP contribution in [-0.4, -0.2) is 10.0 Å². The lowest BCUT2D eigenvalue weighted by atomic mass is 10.2. The van der Waals surface area contributed by atoms with Crippen LogP contribution in [0, 0.1) is 27.6 Å². The third kappa shape index (κ3) is 2.19. The monoisotopic (exact) mass is 251 g/mol. The Morgan fingerprint density at radius 2 is 2.00 bits per heavy atom. The molecule has 0 aliphatic heterocycles. The molecule has 0 aliphatic carbocycles. The fourth-order valence-electron chi connectivity index (χ4n) is 0.969. The Morgan fingerprint density at radius 3 is 2.44 bits per heavy atom. The summed E-state index contributed by atoms with van der Waals surface area (Å²) in [6, 6.07) is 0.235. The minimum atomic E-state index is -1.84. The third-order valence-electron chi connectivity index (χ3n) is 1.59. The van der Waals surface area contributed by atoms with E-state index < -0.39 is 38.9 Å². The van der Waals surface area contributed by atoms with Crippen LogP contribution in [0.2, 0.25) is 0 Å². The molecule has 0 radical (unpaired) electrons. The molecule has 0 aliphatic rings. The molecule has 0 heterocycles. The highest BCUT2D eigenvalue weighted by atomic mass is 32.1. The lowest BCUT2D eigenvalue weighted by Crippen LogP contribution is -2.21. The molecule has 1 aromatic rings. The van der Waals surface area contributed by atoms with Crippen molar-refractivity contribution in [1.82, 2.24) is 0 Å². The predicted octanol–water partition coefficient (Wildman–Crippen LogP) is 1.67. The number of nitro groups is 1. The number of hydrogen-bond donors (Lipinski definition) is 2. The van der Waals surface area contributed by atoms with E-state index in [4.69, 9.17) is 5.73 Å². The number of nitrogens with one attached hydrogen (secondary N) is 1. The normalized spacial score (nSPS) is 9.94. The second-order valence-corrected chi connectivity index (χ2v) is 3.07. The maximum Gasteiger partial charge on any atom is 0.298 e. The van der Waals surface area contributed by atoms with Gasteiger partial charge in [-0.25, -0.2) is 13.2 Å². The van der Waals surface area contributed by atoms with Crippen molar-refractivity contribution in [3.05, 3.63) is 33.6 Å². The first kappa shape index (κ1) is 12.2. The number of nitrogens with two attached hydrogens (primary N) is 1. The van der Waals surface area contributed by atoms with Gasteiger partial charge in [-0.05, 0) is 12.2 Å². The highest BCUT2D eigenvalue weighted by Gasteiger charge is 2.25. The Bertz CT molecular complexity index is 480. The van der Waals surface area contributed by atoms with E-state index in [1.165, 1.54) is 0 Å². The molecule has 0 saturated carbocycles. The van der Waals surface area contributed by atoms with Gasteiger partial charge in [-0.2, -0.15) is 0 Å². The molecule has 1 aromatic carbocycles. The number of hydrogen-bond acceptors (Lipinski definition) is 3. The van der Waals surface area contributed by atoms with E-state index in [0.717, 1.165) is 0 Å². The van der Waals surface area contributed by atoms with E-state index in [2.05, 4.69) is 12.2 Å². The van der Waals surface area contributed by atoms with Crippen LogP contribution in [0.5, 0.6) is 0 Å². The zero-order valence-corrected chi connectivity index (χ0v) is 8.28. The SMILES string of the molecule is NC(=S)Nc1c([N+](=O)[O-])cc(F)c(F)c1F. The molecule has 1 rings (SSSR count). The summed E-state index contributed by atoms with van der Waals surface area (Å²) < 4.78 is 38.6. The van der Waals surface area contributed by atoms with Gasteiger partial charge in [0.25, 0.3) is 5.69 Å². The van der Waals surface area contributed by atoms with Gasteiger partial charge in [-0.1, -0.05) is 0 Å². The Kier molecular flexibility index (Phi) is 3.28. The summed E-state index contributed by atoms with van der Waals surface area (Å²) in [6.07, 6.45) is 0. The Balaban J connectivity index is 3.47. The van der Waals surface area contributed by atoms with Crippen molar-refractivity contribution in [3.8, 4) is 0 Å². The van der Waals surface area contributed by atoms with Crippen molar-refractivity contribution in [2.75, 3.05) is 5.32 Å². The van der Waals surface area contributed by atoms with Crippen LogP contribution >= 0.6 is 12.2 Å². The van der Waals surface area contributed by atoms with Crippen LogP contribution in [0.25, 0.3) is 0 Å². The topological polar surface area (TPSA) is 81.2 Å². The Morgan fingerprint density at radius 1 is 1.44 bits per heavy atom. The molecule has 86 valence electrons. The van der Waals surface area contributed by atoms with Crippen LogP contribution in [-0.2, 0) is 0 Å². The molecule has 0 amide bonds. The number of thiocarbonyl (C=S) groups is 1. The van der Waals surface area contributed by atoms with Gasteiger partial charge >= 0.3 is 0 Å². The summed E-state index contributed by atoms with van der Waals surface area (Å²) in [5.74, 6) is -5.26. The second-order valence-electron chi connectivity index (χ2n) is 2.63. The largest absolute Gasteiger partial charge is 0.376 e. The second kappa shape index (κ2) is 4.31. The van der Waals surface area contributed by atoms with Crippen molar-refractivity contribution in [3.63, 3.8) is 0 Å². The van der Waals surface area contributed by atoms with E-state index in [-0.39, 0.29) is 6.07 Å². The summed E-state index contributed by atoms with van der Waals surface area (Å²) >= 11 is 4.32. The lowest BCUT2D eigenvalue weighted by molar-refractivity contribution is -0.384. The molecule has 0 unspecified atom stereocenters. The summed E-state index contributed by atoms with van der Waals surface area (Å²) in [5, 5.41) is 11.8. The van der Waals surface area contributed by atoms with E-state index in [0.29, 0.717) is 0 Å². The molecule has 0 saturated heterocycles. The maximum absolute atomic E-state index is 13.1. The quantitative estimate of drug-likeness (QED) is 0.361. The van der Waals surface area contributed by atoms with Crippen molar-refractivity contribution in [1.29, 1.82) is 0 Å². The van der Waals surface area contributed by atoms with Gasteiger partial charge in [0.15, 0.2) is 28.3 Å². The number of anilines is 1. The first-order valence-electron chi connectivity index (χ1n) is 3.73. The Hall–Kier alpha value is -1.90. The molecular formula is C7H4F3N3O2S. The van der Waals surface area contributed by atoms with E-state index in [1.54, 1.807) is 0 Å². The van der Waals surface area contributed by atoms with Crippen LogP contribution in [0.1, 0.15) is 0 Å². The predicted molar refractivity (Wildman–Crippen MR) is 53.4 cm³/mol. The van der Waals surface area contributed by atoms with Gasteiger partial charge in [0.05, 0.1) is 11.0 Å². The number of halogens is 3. The van der Waals surface area contributed by atoms with Crippen LogP contribution in [0.4, 0.5) is 24.5 Å². The highest BCUT2D eigenvalue weighted by molar-refractivity contribution is 7.80. The van der Waals surface area contributed by atoms with Crippen molar-refractivity contribution in [2.45, 2.75) is 0 Å². The molecule has 16 heavy (non-hydrogen) atoms. The van der Waals surface area contributed by atoms with Gasteiger partial charge in [0, 0.05) is 0 Å². The van der Waals surface area contributed by atoms with Gasteiger partial charge in [-0.15, -0.1) is 0 Å². The van der Waals surface area contributed by atoms with Gasteiger partial charge < -0.3 is 11.1 Å². The molecule has 0 bridgehead atoms. The zero-order valence-electron chi connectivity index (χ0n) is 7.46. The smallest absolute Gasteiger partial charge is 0.298 e. The van der Waals surface area contributed by atoms with Gasteiger partial charge in [-0.3, -0.25) is 10.1 Å². The minimum absolute atomic E-state index is 0.235. The third-order valence-corrected chi connectivity index (χ3v) is 1.69. The summed E-state index contributed by atoms with van der Waals surface area (Å²) in [7, 11) is 0. The fraction of sp³-hybridized carbons (Fsp3) is 0. The summed E-state index contributed by atoms with van der Waals surface area (Å²) in [6.45, 7) is 0. The standard InChI is InChI=1S/C7H4F3N3O2S/c8-2-1-3(13(14)15)6(12-7(11)16)5(10)4(2)9/h1H,(H3,11,12,16). The highest BCUT2D eigenvalue weighted by Crippen LogP contribution is 2.30. The molecule has 0 fully saturated rings.